The fourth-order valence-electron chi connectivity index (χ4n) is 6.47. The van der Waals surface area contributed by atoms with Crippen molar-refractivity contribution in [1.82, 2.24) is 52.3 Å². The van der Waals surface area contributed by atoms with Crippen molar-refractivity contribution in [2.45, 2.75) is 83.2 Å². The van der Waals surface area contributed by atoms with E-state index in [2.05, 4.69) is 62.3 Å². The van der Waals surface area contributed by atoms with Crippen LogP contribution in [0.1, 0.15) is 76.1 Å². The number of carbonyl (C=O) groups excluding carboxylic acids is 7. The molecule has 23 heteroatoms. The fraction of sp³-hybridized carbons (Fsp3) is 0.500. The summed E-state index contributed by atoms with van der Waals surface area (Å²) in [6, 6.07) is 13.1. The fourth-order valence-corrected chi connectivity index (χ4v) is 6.47. The number of fused-ring (bicyclic) bond motifs is 3. The van der Waals surface area contributed by atoms with Crippen LogP contribution in [-0.4, -0.2) is 132 Å². The molecular formula is C48H73F2FmN12O8-. The summed E-state index contributed by atoms with van der Waals surface area (Å²) in [6.45, 7) is 3.76. The van der Waals surface area contributed by atoms with E-state index in [1.807, 2.05) is 42.7 Å². The predicted molar refractivity (Wildman–Crippen MR) is 265 cm³/mol. The zero-order chi connectivity index (χ0) is 52.0. The molecule has 2 atom stereocenters. The Kier molecular flexibility index (Phi) is 41.6. The summed E-state index contributed by atoms with van der Waals surface area (Å²) in [4.78, 5) is 86.0. The van der Waals surface area contributed by atoms with Gasteiger partial charge in [0.25, 0.3) is 0 Å². The van der Waals surface area contributed by atoms with Gasteiger partial charge < -0.3 is 61.2 Å². The summed E-state index contributed by atoms with van der Waals surface area (Å²) < 4.78 is 27.2. The number of halogens is 2. The molecule has 0 aliphatic heterocycles. The van der Waals surface area contributed by atoms with Crippen molar-refractivity contribution in [3.63, 3.8) is 0 Å². The van der Waals surface area contributed by atoms with Gasteiger partial charge in [0, 0.05) is 24.2 Å². The van der Waals surface area contributed by atoms with Gasteiger partial charge in [0.05, 0.1) is 38.1 Å². The number of hydroxylamine groups is 1. The topological polar surface area (TPSA) is 276 Å². The van der Waals surface area contributed by atoms with E-state index in [1.165, 1.54) is 49.6 Å². The van der Waals surface area contributed by atoms with Crippen molar-refractivity contribution in [1.29, 1.82) is 0 Å². The molecule has 0 radical (unpaired) electrons. The van der Waals surface area contributed by atoms with Gasteiger partial charge in [-0.15, -0.1) is 0 Å². The number of anilines is 2. The number of aldehydes is 4. The monoisotopic (exact) mass is 1240 g/mol. The largest absolute Gasteiger partial charge is 0.530 e. The molecular weight excluding hydrogens is 1170 g/mol. The molecule has 3 aromatic rings. The number of nitrogens with zero attached hydrogens (tertiary/aromatic N) is 3. The molecule has 400 valence electrons. The molecule has 9 N–H and O–H groups in total. The first-order valence-corrected chi connectivity index (χ1v) is 22.9. The third-order valence-corrected chi connectivity index (χ3v) is 10.0. The predicted octanol–water partition coefficient (Wildman–Crippen LogP) is 2.80. The zero-order valence-corrected chi connectivity index (χ0v) is 43.6. The molecule has 3 aliphatic rings. The van der Waals surface area contributed by atoms with E-state index >= 15 is 0 Å². The minimum absolute atomic E-state index is 0. The summed E-state index contributed by atoms with van der Waals surface area (Å²) >= 11 is 0. The van der Waals surface area contributed by atoms with E-state index in [4.69, 9.17) is 0 Å². The summed E-state index contributed by atoms with van der Waals surface area (Å²) in [7, 11) is 6.97. The summed E-state index contributed by atoms with van der Waals surface area (Å²) in [5.74, 6) is 1.65. The van der Waals surface area contributed by atoms with Gasteiger partial charge in [0.2, 0.25) is 12.3 Å². The maximum Gasteiger partial charge on any atom is 0.230 e. The number of benzene rings is 1. The van der Waals surface area contributed by atoms with E-state index in [1.54, 1.807) is 40.8 Å². The van der Waals surface area contributed by atoms with Crippen molar-refractivity contribution < 1.29 is 47.2 Å². The first-order chi connectivity index (χ1) is 34.0. The van der Waals surface area contributed by atoms with Crippen molar-refractivity contribution in [2.75, 3.05) is 71.7 Å². The summed E-state index contributed by atoms with van der Waals surface area (Å²) in [6.07, 6.45) is 19.1. The van der Waals surface area contributed by atoms with Gasteiger partial charge in [-0.1, -0.05) is 49.6 Å². The van der Waals surface area contributed by atoms with Crippen LogP contribution in [-0.2, 0) is 44.8 Å². The number of allylic oxidation sites excluding steroid dienone is 1. The number of carbonyl (C=O) groups is 6. The van der Waals surface area contributed by atoms with E-state index in [0.29, 0.717) is 69.1 Å². The molecule has 2 bridgehead atoms. The van der Waals surface area contributed by atoms with Crippen LogP contribution in [0.5, 0.6) is 0 Å². The number of likely N-dealkylation sites (N-methyl/N-ethyl adjacent to an activating group) is 3. The van der Waals surface area contributed by atoms with Gasteiger partial charge in [0.15, 0.2) is 17.5 Å². The molecule has 2 unspecified atom stereocenters. The van der Waals surface area contributed by atoms with Crippen LogP contribution in [0.3, 0.4) is 0 Å². The minimum Gasteiger partial charge on any atom is -0.530 e. The van der Waals surface area contributed by atoms with Crippen LogP contribution >= 0.6 is 0 Å². The quantitative estimate of drug-likeness (QED) is 0.0140. The van der Waals surface area contributed by atoms with E-state index in [0.717, 1.165) is 68.7 Å². The molecule has 3 fully saturated rings. The number of hydrogen-bond acceptors (Lipinski definition) is 17. The molecule has 2 heterocycles. The molecule has 6 rings (SSSR count). The number of pyridine rings is 1. The second-order valence-electron chi connectivity index (χ2n) is 15.3. The van der Waals surface area contributed by atoms with Crippen LogP contribution in [0.2, 0.25) is 0 Å². The Bertz CT molecular complexity index is 1880. The summed E-state index contributed by atoms with van der Waals surface area (Å²) in [5, 5.41) is 22.1. The number of hydrogen-bond donors (Lipinski definition) is 9. The molecule has 0 saturated heterocycles. The maximum atomic E-state index is 14.3. The second-order valence-corrected chi connectivity index (χ2v) is 15.3. The van der Waals surface area contributed by atoms with Gasteiger partial charge >= 0.3 is 0 Å². The van der Waals surface area contributed by atoms with Crippen molar-refractivity contribution >= 4 is 61.1 Å². The average Bonchev–Trinajstić information content (AvgIpc) is 3.38. The Morgan fingerprint density at radius 3 is 2.03 bits per heavy atom. The van der Waals surface area contributed by atoms with Gasteiger partial charge in [-0.3, -0.25) is 19.7 Å². The summed E-state index contributed by atoms with van der Waals surface area (Å²) in [5.41, 5.74) is 3.92. The first-order valence-electron chi connectivity index (χ1n) is 22.9. The molecule has 0 spiro atoms. The minimum atomic E-state index is -0.429. The van der Waals surface area contributed by atoms with Crippen LogP contribution in [0.25, 0.3) is 5.57 Å². The Morgan fingerprint density at radius 1 is 0.845 bits per heavy atom. The molecule has 71 heavy (non-hydrogen) atoms. The molecule has 3 amide bonds. The number of rotatable bonds is 26. The molecule has 1 aromatic carbocycles. The van der Waals surface area contributed by atoms with Crippen LogP contribution in [0, 0.1) is 23.5 Å². The number of amides is 3. The van der Waals surface area contributed by atoms with Crippen molar-refractivity contribution in [3.05, 3.63) is 84.1 Å². The van der Waals surface area contributed by atoms with E-state index in [-0.39, 0.29) is 24.3 Å². The first kappa shape index (κ1) is 65.6. The molecule has 3 aliphatic carbocycles. The van der Waals surface area contributed by atoms with Crippen LogP contribution in [0.4, 0.5) is 20.4 Å². The average molecular weight is 1240 g/mol. The Hall–Kier alpha value is -7.46. The third-order valence-electron chi connectivity index (χ3n) is 10.0. The number of aromatic nitrogens is 3. The SMILES string of the molecule is C/C(=C\Nc1ccc(F)cn1)c1ncc(F)c(NC2CC3CCC2CC3)n1.CNC(C=O)Cc1ccccc1.CNCC=O.CNCC=O.CNCONC=O.O=[C-]NCCCCCC(=O)NCC=O.[Fm]. The second kappa shape index (κ2) is 45.0. The number of unbranched alkanes of at least 4 members (excludes halogenated alkanes) is 2. The van der Waals surface area contributed by atoms with E-state index in [9.17, 15) is 42.3 Å². The third kappa shape index (κ3) is 33.6. The van der Waals surface area contributed by atoms with Gasteiger partial charge in [0.1, 0.15) is 43.5 Å². The maximum absolute atomic E-state index is 14.3. The Morgan fingerprint density at radius 2 is 1.52 bits per heavy atom. The Labute approximate surface area is 410 Å². The molecule has 3 saturated carbocycles. The normalized spacial score (nSPS) is 15.1. The smallest absolute Gasteiger partial charge is 0.230 e. The molecule has 20 nitrogen and oxygen atoms in total. The molecule has 2 aromatic heterocycles. The van der Waals surface area contributed by atoms with Crippen LogP contribution in [0.15, 0.2) is 61.1 Å². The van der Waals surface area contributed by atoms with Gasteiger partial charge in [-0.25, -0.2) is 29.2 Å². The number of nitrogens with one attached hydrogen (secondary N) is 9. The van der Waals surface area contributed by atoms with E-state index < -0.39 is 11.6 Å². The van der Waals surface area contributed by atoms with Gasteiger partial charge in [-0.2, -0.15) is 6.41 Å². The van der Waals surface area contributed by atoms with Crippen LogP contribution < -0.4 is 48.0 Å². The zero-order valence-electron chi connectivity index (χ0n) is 41.2. The standard InChI is InChI=1S/C20H23F2N5.C10H13NO.C9H15N2O3.C3H8N2O2.2C3H7NO.Fm/c1-12(9-23-18-7-6-15(21)10-24-18)19-25-11-16(22)20(27-19)26-17-8-13-2-4-14(17)5-3-13;1-11-10(8-12)7-9-5-3-2-4-6-9;12-7-6-11-9(14)4-2-1-3-5-10-8-13;1-4-3-7-5-2-6;2*1-4-2-3-5;/h6-7,9-11,13-14,17H,2-5,8H2,1H3,(H,23,24)(H,25,26,27);2-6,8,10-11H,7H2,1H3;7H,1-6H2,(H,10,13)(H,11,14);2,4H,3H2,1H3,(H,5,6);2*3-4H,2H2,1H3;/q;;-1;;;;/b12-9+;;;;;;. The van der Waals surface area contributed by atoms with Gasteiger partial charge in [-0.05, 0) is 110 Å². The van der Waals surface area contributed by atoms with Crippen molar-refractivity contribution in [2.24, 2.45) is 11.8 Å². The Balaban J connectivity index is 0. The van der Waals surface area contributed by atoms with Crippen molar-refractivity contribution in [3.8, 4) is 0 Å².